The monoisotopic (exact) mass is 298 g/mol. The van der Waals surface area contributed by atoms with Crippen molar-refractivity contribution in [2.45, 2.75) is 33.6 Å². The fourth-order valence-electron chi connectivity index (χ4n) is 1.85. The lowest BCUT2D eigenvalue weighted by atomic mass is 9.84. The number of carbonyl (C=O) groups excluding carboxylic acids is 1. The van der Waals surface area contributed by atoms with E-state index >= 15 is 0 Å². The Morgan fingerprint density at radius 2 is 2.10 bits per heavy atom. The summed E-state index contributed by atoms with van der Waals surface area (Å²) in [6, 6.07) is -0.408. The maximum atomic E-state index is 11.6. The maximum absolute atomic E-state index is 11.6. The molecule has 0 saturated heterocycles. The number of carboxylic acid groups (broad SMARTS) is 1. The van der Waals surface area contributed by atoms with Gasteiger partial charge in [0.05, 0.1) is 5.92 Å². The number of hydrogen-bond donors (Lipinski definition) is 3. The molecule has 21 heavy (non-hydrogen) atoms. The predicted molar refractivity (Wildman–Crippen MR) is 74.6 cm³/mol. The molecule has 0 bridgehead atoms. The number of nitrogens with zero attached hydrogens (tertiary/aromatic N) is 2. The number of aliphatic carboxylic acids is 1. The van der Waals surface area contributed by atoms with E-state index in [1.807, 2.05) is 20.8 Å². The van der Waals surface area contributed by atoms with Gasteiger partial charge < -0.3 is 20.3 Å². The molecule has 0 aliphatic carbocycles. The van der Waals surface area contributed by atoms with Crippen LogP contribution in [-0.4, -0.2) is 40.3 Å². The lowest BCUT2D eigenvalue weighted by molar-refractivity contribution is -0.142. The Hall–Kier alpha value is -2.12. The van der Waals surface area contributed by atoms with Crippen LogP contribution in [0.15, 0.2) is 10.9 Å². The second kappa shape index (κ2) is 7.61. The van der Waals surface area contributed by atoms with Gasteiger partial charge in [0.25, 0.3) is 0 Å². The average molecular weight is 298 g/mol. The van der Waals surface area contributed by atoms with Gasteiger partial charge >= 0.3 is 12.0 Å². The number of carboxylic acids is 1. The molecule has 118 valence electrons. The van der Waals surface area contributed by atoms with Crippen LogP contribution in [0, 0.1) is 11.3 Å². The van der Waals surface area contributed by atoms with Crippen LogP contribution in [0.4, 0.5) is 4.79 Å². The van der Waals surface area contributed by atoms with Crippen molar-refractivity contribution in [3.8, 4) is 0 Å². The molecule has 8 heteroatoms. The molecule has 3 N–H and O–H groups in total. The minimum absolute atomic E-state index is 0.0962. The topological polar surface area (TPSA) is 117 Å². The van der Waals surface area contributed by atoms with Gasteiger partial charge in [-0.3, -0.25) is 4.79 Å². The second-order valence-electron chi connectivity index (χ2n) is 6.02. The zero-order chi connectivity index (χ0) is 15.9. The lowest BCUT2D eigenvalue weighted by Crippen LogP contribution is -2.41. The first-order valence-electron chi connectivity index (χ1n) is 6.78. The minimum Gasteiger partial charge on any atom is -0.481 e. The third kappa shape index (κ3) is 7.28. The van der Waals surface area contributed by atoms with E-state index in [1.54, 1.807) is 0 Å². The molecular weight excluding hydrogens is 276 g/mol. The summed E-state index contributed by atoms with van der Waals surface area (Å²) in [7, 11) is 0. The minimum atomic E-state index is -0.906. The van der Waals surface area contributed by atoms with E-state index in [0.29, 0.717) is 25.3 Å². The van der Waals surface area contributed by atoms with Gasteiger partial charge in [-0.1, -0.05) is 25.9 Å². The zero-order valence-electron chi connectivity index (χ0n) is 12.5. The van der Waals surface area contributed by atoms with Crippen molar-refractivity contribution in [1.82, 2.24) is 20.8 Å². The van der Waals surface area contributed by atoms with Crippen molar-refractivity contribution in [2.75, 3.05) is 13.1 Å². The summed E-state index contributed by atoms with van der Waals surface area (Å²) in [5.74, 6) is -1.07. The smallest absolute Gasteiger partial charge is 0.314 e. The van der Waals surface area contributed by atoms with Gasteiger partial charge in [0.15, 0.2) is 6.33 Å². The van der Waals surface area contributed by atoms with Gasteiger partial charge in [0, 0.05) is 19.5 Å². The molecule has 1 aromatic heterocycles. The van der Waals surface area contributed by atoms with Crippen molar-refractivity contribution < 1.29 is 19.2 Å². The number of amides is 2. The molecule has 8 nitrogen and oxygen atoms in total. The Morgan fingerprint density at radius 1 is 1.38 bits per heavy atom. The van der Waals surface area contributed by atoms with Crippen LogP contribution in [0.25, 0.3) is 0 Å². The summed E-state index contributed by atoms with van der Waals surface area (Å²) in [5.41, 5.74) is -0.112. The number of carbonyl (C=O) groups is 2. The molecule has 1 heterocycles. The highest BCUT2D eigenvalue weighted by molar-refractivity contribution is 5.75. The van der Waals surface area contributed by atoms with Gasteiger partial charge in [-0.2, -0.15) is 4.98 Å². The van der Waals surface area contributed by atoms with Crippen LogP contribution < -0.4 is 10.6 Å². The van der Waals surface area contributed by atoms with Gasteiger partial charge in [0.1, 0.15) is 0 Å². The van der Waals surface area contributed by atoms with E-state index in [1.165, 1.54) is 6.33 Å². The van der Waals surface area contributed by atoms with Crippen LogP contribution in [0.5, 0.6) is 0 Å². The first-order chi connectivity index (χ1) is 9.78. The van der Waals surface area contributed by atoms with Crippen molar-refractivity contribution >= 4 is 12.0 Å². The van der Waals surface area contributed by atoms with E-state index in [9.17, 15) is 9.59 Å². The fraction of sp³-hybridized carbons (Fsp3) is 0.692. The number of nitrogens with one attached hydrogen (secondary N) is 2. The standard InChI is InChI=1S/C13H22N4O4/c1-13(2,3)6-9(11(18)19)7-15-12(20)14-5-4-10-16-8-17-21-10/h8-9H,4-7H2,1-3H3,(H,18,19)(H2,14,15,20). The molecule has 1 rings (SSSR count). The molecule has 1 unspecified atom stereocenters. The van der Waals surface area contributed by atoms with Gasteiger partial charge in [-0.15, -0.1) is 0 Å². The predicted octanol–water partition coefficient (Wildman–Crippen LogP) is 1.05. The Kier molecular flexibility index (Phi) is 6.13. The third-order valence-corrected chi connectivity index (χ3v) is 2.75. The van der Waals surface area contributed by atoms with Gasteiger partial charge in [-0.05, 0) is 11.8 Å². The van der Waals surface area contributed by atoms with Crippen LogP contribution in [0.2, 0.25) is 0 Å². The Bertz CT molecular complexity index is 453. The number of hydrogen-bond acceptors (Lipinski definition) is 5. The van der Waals surface area contributed by atoms with Crippen molar-refractivity contribution in [3.63, 3.8) is 0 Å². The highest BCUT2D eigenvalue weighted by Gasteiger charge is 2.24. The van der Waals surface area contributed by atoms with E-state index < -0.39 is 17.9 Å². The van der Waals surface area contributed by atoms with Gasteiger partial charge in [-0.25, -0.2) is 4.79 Å². The maximum Gasteiger partial charge on any atom is 0.314 e. The summed E-state index contributed by atoms with van der Waals surface area (Å²) in [6.45, 7) is 6.33. The van der Waals surface area contributed by atoms with Crippen molar-refractivity contribution in [1.29, 1.82) is 0 Å². The summed E-state index contributed by atoms with van der Waals surface area (Å²) < 4.78 is 4.79. The molecule has 0 saturated carbocycles. The average Bonchev–Trinajstić information content (AvgIpc) is 2.86. The van der Waals surface area contributed by atoms with E-state index in [0.717, 1.165) is 0 Å². The highest BCUT2D eigenvalue weighted by Crippen LogP contribution is 2.24. The molecule has 0 fully saturated rings. The quantitative estimate of drug-likeness (QED) is 0.692. The Labute approximate surface area is 123 Å². The SMILES string of the molecule is CC(C)(C)CC(CNC(=O)NCCc1ncno1)C(=O)O. The van der Waals surface area contributed by atoms with E-state index in [-0.39, 0.29) is 12.0 Å². The molecule has 0 aliphatic heterocycles. The number of rotatable bonds is 7. The molecule has 0 radical (unpaired) electrons. The molecule has 0 spiro atoms. The van der Waals surface area contributed by atoms with Gasteiger partial charge in [0.2, 0.25) is 5.89 Å². The summed E-state index contributed by atoms with van der Waals surface area (Å²) in [4.78, 5) is 26.6. The van der Waals surface area contributed by atoms with Crippen LogP contribution in [0.3, 0.4) is 0 Å². The molecule has 1 atom stereocenters. The second-order valence-corrected chi connectivity index (χ2v) is 6.02. The van der Waals surface area contributed by atoms with Crippen LogP contribution in [-0.2, 0) is 11.2 Å². The van der Waals surface area contributed by atoms with E-state index in [2.05, 4.69) is 20.8 Å². The lowest BCUT2D eigenvalue weighted by Gasteiger charge is -2.23. The molecular formula is C13H22N4O4. The molecule has 2 amide bonds. The normalized spacial score (nSPS) is 12.7. The summed E-state index contributed by atoms with van der Waals surface area (Å²) in [5, 5.41) is 17.8. The van der Waals surface area contributed by atoms with Crippen molar-refractivity contribution in [3.05, 3.63) is 12.2 Å². The van der Waals surface area contributed by atoms with Crippen molar-refractivity contribution in [2.24, 2.45) is 11.3 Å². The number of urea groups is 1. The largest absolute Gasteiger partial charge is 0.481 e. The van der Waals surface area contributed by atoms with Crippen LogP contribution in [0.1, 0.15) is 33.1 Å². The fourth-order valence-corrected chi connectivity index (χ4v) is 1.85. The Balaban J connectivity index is 2.27. The highest BCUT2D eigenvalue weighted by atomic mass is 16.5. The first kappa shape index (κ1) is 16.9. The Morgan fingerprint density at radius 3 is 2.62 bits per heavy atom. The zero-order valence-corrected chi connectivity index (χ0v) is 12.5. The van der Waals surface area contributed by atoms with Crippen LogP contribution >= 0.6 is 0 Å². The summed E-state index contributed by atoms with van der Waals surface area (Å²) in [6.07, 6.45) is 2.21. The summed E-state index contributed by atoms with van der Waals surface area (Å²) >= 11 is 0. The van der Waals surface area contributed by atoms with E-state index in [4.69, 9.17) is 9.63 Å². The third-order valence-electron chi connectivity index (χ3n) is 2.75. The molecule has 1 aromatic rings. The number of aromatic nitrogens is 2. The molecule has 0 aliphatic rings. The first-order valence-corrected chi connectivity index (χ1v) is 6.78. The molecule has 0 aromatic carbocycles.